The fourth-order valence-electron chi connectivity index (χ4n) is 3.98. The van der Waals surface area contributed by atoms with Crippen LogP contribution in [0, 0.1) is 0 Å². The van der Waals surface area contributed by atoms with Gasteiger partial charge in [-0.15, -0.1) is 0 Å². The van der Waals surface area contributed by atoms with Crippen LogP contribution in [0.5, 0.6) is 0 Å². The van der Waals surface area contributed by atoms with Crippen molar-refractivity contribution in [1.82, 2.24) is 18.8 Å². The maximum atomic E-state index is 12.7. The summed E-state index contributed by atoms with van der Waals surface area (Å²) in [6.45, 7) is 1.11. The molecule has 1 amide bonds. The third-order valence-corrected chi connectivity index (χ3v) is 7.78. The molecule has 0 spiro atoms. The van der Waals surface area contributed by atoms with E-state index in [4.69, 9.17) is 5.11 Å². The minimum Gasteiger partial charge on any atom is -0.465 e. The number of hydrogen-bond acceptors (Lipinski definition) is 4. The van der Waals surface area contributed by atoms with Crippen LogP contribution in [0.4, 0.5) is 4.79 Å². The molecular weight excluding hydrogens is 356 g/mol. The molecular formula is C17H22N4O4S. The number of rotatable bonds is 3. The Morgan fingerprint density at radius 2 is 1.96 bits per heavy atom. The number of hydrogen-bond donors (Lipinski definition) is 1. The summed E-state index contributed by atoms with van der Waals surface area (Å²) in [6, 6.07) is 3.99. The van der Waals surface area contributed by atoms with Crippen LogP contribution >= 0.6 is 0 Å². The minimum absolute atomic E-state index is 0.0760. The van der Waals surface area contributed by atoms with Gasteiger partial charge >= 0.3 is 6.09 Å². The molecule has 2 aromatic heterocycles. The molecule has 0 aromatic carbocycles. The zero-order chi connectivity index (χ0) is 18.5. The number of carboxylic acid groups (broad SMARTS) is 1. The smallest absolute Gasteiger partial charge is 0.407 e. The standard InChI is InChI=1S/C17H22N4O4S/c1-19-11-15(14-3-2-6-18-16(14)19)12-4-7-21(8-5-12)26(24,25)13-9-20(10-13)17(22)23/h2-3,6,11-13H,4-5,7-10H2,1H3,(H,22,23). The molecule has 0 bridgehead atoms. The number of likely N-dealkylation sites (tertiary alicyclic amines) is 1. The normalized spacial score (nSPS) is 20.4. The highest BCUT2D eigenvalue weighted by atomic mass is 32.2. The Kier molecular flexibility index (Phi) is 4.15. The van der Waals surface area contributed by atoms with E-state index in [0.717, 1.165) is 28.8 Å². The van der Waals surface area contributed by atoms with Gasteiger partial charge < -0.3 is 14.6 Å². The Bertz CT molecular complexity index is 941. The summed E-state index contributed by atoms with van der Waals surface area (Å²) >= 11 is 0. The summed E-state index contributed by atoms with van der Waals surface area (Å²) in [5.74, 6) is 0.311. The fourth-order valence-corrected chi connectivity index (χ4v) is 5.86. The van der Waals surface area contributed by atoms with Crippen LogP contribution in [-0.2, 0) is 17.1 Å². The van der Waals surface area contributed by atoms with Crippen LogP contribution < -0.4 is 0 Å². The van der Waals surface area contributed by atoms with Gasteiger partial charge in [0.25, 0.3) is 0 Å². The molecule has 0 atom stereocenters. The van der Waals surface area contributed by atoms with Gasteiger partial charge in [-0.05, 0) is 36.5 Å². The van der Waals surface area contributed by atoms with Gasteiger partial charge in [-0.2, -0.15) is 0 Å². The van der Waals surface area contributed by atoms with Gasteiger partial charge in [0.2, 0.25) is 10.0 Å². The van der Waals surface area contributed by atoms with Crippen LogP contribution in [0.25, 0.3) is 11.0 Å². The van der Waals surface area contributed by atoms with E-state index in [2.05, 4.69) is 17.2 Å². The molecule has 2 aromatic rings. The summed E-state index contributed by atoms with van der Waals surface area (Å²) in [5, 5.41) is 9.42. The largest absolute Gasteiger partial charge is 0.465 e. The highest BCUT2D eigenvalue weighted by Gasteiger charge is 2.43. The number of sulfonamides is 1. The van der Waals surface area contributed by atoms with Gasteiger partial charge in [0.15, 0.2) is 0 Å². The van der Waals surface area contributed by atoms with Crippen LogP contribution in [0.2, 0.25) is 0 Å². The monoisotopic (exact) mass is 378 g/mol. The van der Waals surface area contributed by atoms with Crippen molar-refractivity contribution in [2.75, 3.05) is 26.2 Å². The van der Waals surface area contributed by atoms with Crippen molar-refractivity contribution >= 4 is 27.1 Å². The zero-order valence-electron chi connectivity index (χ0n) is 14.6. The molecule has 140 valence electrons. The Balaban J connectivity index is 1.45. The molecule has 9 heteroatoms. The van der Waals surface area contributed by atoms with Gasteiger partial charge in [-0.25, -0.2) is 22.5 Å². The number of nitrogens with zero attached hydrogens (tertiary/aromatic N) is 4. The van der Waals surface area contributed by atoms with Gasteiger partial charge in [0, 0.05) is 51.0 Å². The average molecular weight is 378 g/mol. The first-order chi connectivity index (χ1) is 12.4. The van der Waals surface area contributed by atoms with E-state index in [1.54, 1.807) is 6.20 Å². The van der Waals surface area contributed by atoms with E-state index in [-0.39, 0.29) is 13.1 Å². The minimum atomic E-state index is -3.42. The Morgan fingerprint density at radius 3 is 2.62 bits per heavy atom. The van der Waals surface area contributed by atoms with Crippen molar-refractivity contribution < 1.29 is 18.3 Å². The van der Waals surface area contributed by atoms with E-state index >= 15 is 0 Å². The van der Waals surface area contributed by atoms with Gasteiger partial charge in [0.05, 0.1) is 0 Å². The van der Waals surface area contributed by atoms with Crippen molar-refractivity contribution in [1.29, 1.82) is 0 Å². The molecule has 0 radical (unpaired) electrons. The lowest BCUT2D eigenvalue weighted by atomic mass is 9.90. The lowest BCUT2D eigenvalue weighted by molar-refractivity contribution is 0.118. The number of pyridine rings is 1. The van der Waals surface area contributed by atoms with Crippen molar-refractivity contribution in [2.24, 2.45) is 7.05 Å². The number of aromatic nitrogens is 2. The van der Waals surface area contributed by atoms with Crippen LogP contribution in [-0.4, -0.2) is 69.8 Å². The maximum absolute atomic E-state index is 12.7. The maximum Gasteiger partial charge on any atom is 0.407 e. The highest BCUT2D eigenvalue weighted by molar-refractivity contribution is 7.89. The SMILES string of the molecule is Cn1cc(C2CCN(S(=O)(=O)C3CN(C(=O)O)C3)CC2)c2cccnc21. The molecule has 0 unspecified atom stereocenters. The van der Waals surface area contributed by atoms with E-state index in [1.165, 1.54) is 9.87 Å². The van der Waals surface area contributed by atoms with Crippen molar-refractivity contribution in [3.8, 4) is 0 Å². The number of aryl methyl sites for hydroxylation is 1. The number of fused-ring (bicyclic) bond motifs is 1. The number of piperidine rings is 1. The molecule has 1 N–H and O–H groups in total. The molecule has 4 rings (SSSR count). The highest BCUT2D eigenvalue weighted by Crippen LogP contribution is 2.35. The Labute approximate surface area is 152 Å². The topological polar surface area (TPSA) is 95.7 Å². The quantitative estimate of drug-likeness (QED) is 0.872. The summed E-state index contributed by atoms with van der Waals surface area (Å²) in [5.41, 5.74) is 2.18. The number of carbonyl (C=O) groups is 1. The van der Waals surface area contributed by atoms with E-state index in [0.29, 0.717) is 19.0 Å². The van der Waals surface area contributed by atoms with Gasteiger partial charge in [0.1, 0.15) is 10.9 Å². The Hall–Kier alpha value is -2.13. The molecule has 0 saturated carbocycles. The molecule has 8 nitrogen and oxygen atoms in total. The summed E-state index contributed by atoms with van der Waals surface area (Å²) in [4.78, 5) is 16.4. The fraction of sp³-hybridized carbons (Fsp3) is 0.529. The van der Waals surface area contributed by atoms with Gasteiger partial charge in [-0.1, -0.05) is 0 Å². The summed E-state index contributed by atoms with van der Waals surface area (Å²) in [7, 11) is -1.45. The second kappa shape index (κ2) is 6.24. The van der Waals surface area contributed by atoms with E-state index in [1.807, 2.05) is 17.7 Å². The summed E-state index contributed by atoms with van der Waals surface area (Å²) in [6.07, 6.45) is 4.36. The average Bonchev–Trinajstić information content (AvgIpc) is 2.90. The molecule has 2 aliphatic rings. The predicted molar refractivity (Wildman–Crippen MR) is 96.6 cm³/mol. The summed E-state index contributed by atoms with van der Waals surface area (Å²) < 4.78 is 28.9. The first-order valence-electron chi connectivity index (χ1n) is 8.74. The van der Waals surface area contributed by atoms with Gasteiger partial charge in [-0.3, -0.25) is 0 Å². The third kappa shape index (κ3) is 2.75. The van der Waals surface area contributed by atoms with Crippen molar-refractivity contribution in [3.63, 3.8) is 0 Å². The second-order valence-electron chi connectivity index (χ2n) is 7.10. The Morgan fingerprint density at radius 1 is 1.27 bits per heavy atom. The van der Waals surface area contributed by atoms with E-state index < -0.39 is 21.4 Å². The van der Waals surface area contributed by atoms with Crippen molar-refractivity contribution in [2.45, 2.75) is 24.0 Å². The van der Waals surface area contributed by atoms with Crippen LogP contribution in [0.1, 0.15) is 24.3 Å². The van der Waals surface area contributed by atoms with Crippen LogP contribution in [0.15, 0.2) is 24.5 Å². The third-order valence-electron chi connectivity index (χ3n) is 5.56. The lowest BCUT2D eigenvalue weighted by Crippen LogP contribution is -2.60. The molecule has 4 heterocycles. The van der Waals surface area contributed by atoms with E-state index in [9.17, 15) is 13.2 Å². The first-order valence-corrected chi connectivity index (χ1v) is 10.2. The molecule has 2 aliphatic heterocycles. The predicted octanol–water partition coefficient (Wildman–Crippen LogP) is 1.44. The zero-order valence-corrected chi connectivity index (χ0v) is 15.4. The molecule has 2 saturated heterocycles. The molecule has 26 heavy (non-hydrogen) atoms. The lowest BCUT2D eigenvalue weighted by Gasteiger charge is -2.40. The van der Waals surface area contributed by atoms with Crippen molar-refractivity contribution in [3.05, 3.63) is 30.1 Å². The van der Waals surface area contributed by atoms with Crippen LogP contribution in [0.3, 0.4) is 0 Å². The second-order valence-corrected chi connectivity index (χ2v) is 9.31. The molecule has 0 aliphatic carbocycles. The first kappa shape index (κ1) is 17.3. The number of amides is 1. The molecule has 2 fully saturated rings.